The molecule has 1 amide bonds. The normalized spacial score (nSPS) is 22.0. The predicted molar refractivity (Wildman–Crippen MR) is 80.0 cm³/mol. The number of aromatic nitrogens is 1. The van der Waals surface area contributed by atoms with Gasteiger partial charge < -0.3 is 14.5 Å². The van der Waals surface area contributed by atoms with E-state index in [9.17, 15) is 4.79 Å². The van der Waals surface area contributed by atoms with Crippen LogP contribution in [0, 0.1) is 5.92 Å². The summed E-state index contributed by atoms with van der Waals surface area (Å²) >= 11 is 0. The largest absolute Gasteiger partial charge is 0.385 e. The SMILES string of the molecule is COCCCN1CC[C@H](CN2Cc3ncccc3C2=O)C1. The molecule has 5 heteroatoms. The second-order valence-electron chi connectivity index (χ2n) is 5.98. The third-order valence-corrected chi connectivity index (χ3v) is 4.42. The van der Waals surface area contributed by atoms with Crippen LogP contribution in [-0.4, -0.2) is 60.6 Å². The van der Waals surface area contributed by atoms with Gasteiger partial charge in [0.05, 0.1) is 17.8 Å². The van der Waals surface area contributed by atoms with Crippen molar-refractivity contribution in [3.63, 3.8) is 0 Å². The van der Waals surface area contributed by atoms with Crippen molar-refractivity contribution in [2.24, 2.45) is 5.92 Å². The molecule has 0 radical (unpaired) electrons. The highest BCUT2D eigenvalue weighted by Gasteiger charge is 2.32. The Bertz CT molecular complexity index is 506. The molecule has 3 rings (SSSR count). The van der Waals surface area contributed by atoms with Crippen LogP contribution in [0.2, 0.25) is 0 Å². The Balaban J connectivity index is 1.49. The minimum atomic E-state index is 0.149. The Kier molecular flexibility index (Phi) is 4.51. The maximum atomic E-state index is 12.3. The number of amides is 1. The van der Waals surface area contributed by atoms with Gasteiger partial charge in [-0.25, -0.2) is 0 Å². The summed E-state index contributed by atoms with van der Waals surface area (Å²) in [4.78, 5) is 21.1. The average molecular weight is 289 g/mol. The Morgan fingerprint density at radius 3 is 3.19 bits per heavy atom. The third-order valence-electron chi connectivity index (χ3n) is 4.42. The standard InChI is InChI=1S/C16H23N3O2/c1-21-9-3-7-18-8-5-13(10-18)11-19-12-15-14(16(19)20)4-2-6-17-15/h2,4,6,13H,3,5,7-12H2,1H3/t13-/m0/s1. The fourth-order valence-corrected chi connectivity index (χ4v) is 3.34. The van der Waals surface area contributed by atoms with Gasteiger partial charge in [0.2, 0.25) is 0 Å². The highest BCUT2D eigenvalue weighted by Crippen LogP contribution is 2.24. The van der Waals surface area contributed by atoms with Crippen LogP contribution in [0.15, 0.2) is 18.3 Å². The van der Waals surface area contributed by atoms with Crippen LogP contribution >= 0.6 is 0 Å². The molecule has 0 N–H and O–H groups in total. The van der Waals surface area contributed by atoms with E-state index >= 15 is 0 Å². The molecule has 0 saturated carbocycles. The molecule has 0 spiro atoms. The minimum Gasteiger partial charge on any atom is -0.385 e. The topological polar surface area (TPSA) is 45.7 Å². The number of methoxy groups -OCH3 is 1. The lowest BCUT2D eigenvalue weighted by molar-refractivity contribution is 0.0752. The van der Waals surface area contributed by atoms with Gasteiger partial charge in [-0.3, -0.25) is 9.78 Å². The number of hydrogen-bond acceptors (Lipinski definition) is 4. The zero-order chi connectivity index (χ0) is 14.7. The van der Waals surface area contributed by atoms with Crippen LogP contribution in [0.25, 0.3) is 0 Å². The Morgan fingerprint density at radius 2 is 2.38 bits per heavy atom. The fourth-order valence-electron chi connectivity index (χ4n) is 3.34. The van der Waals surface area contributed by atoms with Crippen molar-refractivity contribution in [3.05, 3.63) is 29.6 Å². The van der Waals surface area contributed by atoms with Crippen LogP contribution in [0.3, 0.4) is 0 Å². The summed E-state index contributed by atoms with van der Waals surface area (Å²) in [6.07, 6.45) is 4.03. The Labute approximate surface area is 125 Å². The van der Waals surface area contributed by atoms with Crippen molar-refractivity contribution >= 4 is 5.91 Å². The first-order chi connectivity index (χ1) is 10.3. The smallest absolute Gasteiger partial charge is 0.256 e. The van der Waals surface area contributed by atoms with Gasteiger partial charge in [0.15, 0.2) is 0 Å². The molecule has 2 aliphatic rings. The second kappa shape index (κ2) is 6.54. The number of carbonyl (C=O) groups is 1. The van der Waals surface area contributed by atoms with E-state index in [-0.39, 0.29) is 5.91 Å². The summed E-state index contributed by atoms with van der Waals surface area (Å²) in [5.74, 6) is 0.738. The van der Waals surface area contributed by atoms with Gasteiger partial charge >= 0.3 is 0 Å². The minimum absolute atomic E-state index is 0.149. The van der Waals surface area contributed by atoms with E-state index in [1.165, 1.54) is 6.42 Å². The number of rotatable bonds is 6. The molecule has 5 nitrogen and oxygen atoms in total. The Morgan fingerprint density at radius 1 is 1.48 bits per heavy atom. The van der Waals surface area contributed by atoms with E-state index in [4.69, 9.17) is 4.74 Å². The molecule has 3 heterocycles. The molecule has 0 aromatic carbocycles. The van der Waals surface area contributed by atoms with Crippen LogP contribution < -0.4 is 0 Å². The van der Waals surface area contributed by atoms with Gasteiger partial charge in [-0.15, -0.1) is 0 Å². The maximum absolute atomic E-state index is 12.3. The van der Waals surface area contributed by atoms with E-state index in [0.717, 1.165) is 50.5 Å². The van der Waals surface area contributed by atoms with Crippen molar-refractivity contribution < 1.29 is 9.53 Å². The third kappa shape index (κ3) is 3.24. The van der Waals surface area contributed by atoms with E-state index in [1.807, 2.05) is 17.0 Å². The Hall–Kier alpha value is -1.46. The maximum Gasteiger partial charge on any atom is 0.256 e. The zero-order valence-corrected chi connectivity index (χ0v) is 12.6. The highest BCUT2D eigenvalue weighted by atomic mass is 16.5. The van der Waals surface area contributed by atoms with Gasteiger partial charge in [-0.05, 0) is 37.4 Å². The molecule has 1 atom stereocenters. The number of ether oxygens (including phenoxy) is 1. The van der Waals surface area contributed by atoms with Gasteiger partial charge in [-0.2, -0.15) is 0 Å². The van der Waals surface area contributed by atoms with Crippen LogP contribution in [0.5, 0.6) is 0 Å². The number of pyridine rings is 1. The number of likely N-dealkylation sites (tertiary alicyclic amines) is 1. The van der Waals surface area contributed by atoms with Crippen molar-refractivity contribution in [1.29, 1.82) is 0 Å². The first-order valence-electron chi connectivity index (χ1n) is 7.72. The quantitative estimate of drug-likeness (QED) is 0.743. The van der Waals surface area contributed by atoms with E-state index < -0.39 is 0 Å². The molecule has 1 fully saturated rings. The van der Waals surface area contributed by atoms with Gasteiger partial charge in [0.1, 0.15) is 0 Å². The zero-order valence-electron chi connectivity index (χ0n) is 12.6. The molecule has 0 aliphatic carbocycles. The first-order valence-corrected chi connectivity index (χ1v) is 7.72. The monoisotopic (exact) mass is 289 g/mol. The lowest BCUT2D eigenvalue weighted by Gasteiger charge is -2.21. The lowest BCUT2D eigenvalue weighted by Crippen LogP contribution is -2.31. The summed E-state index contributed by atoms with van der Waals surface area (Å²) in [6.45, 7) is 5.69. The fraction of sp³-hybridized carbons (Fsp3) is 0.625. The second-order valence-corrected chi connectivity index (χ2v) is 5.98. The lowest BCUT2D eigenvalue weighted by atomic mass is 10.1. The molecular formula is C16H23N3O2. The average Bonchev–Trinajstić information content (AvgIpc) is 3.06. The molecule has 21 heavy (non-hydrogen) atoms. The molecular weight excluding hydrogens is 266 g/mol. The number of nitrogens with zero attached hydrogens (tertiary/aromatic N) is 3. The molecule has 114 valence electrons. The van der Waals surface area contributed by atoms with E-state index in [2.05, 4.69) is 9.88 Å². The van der Waals surface area contributed by atoms with Crippen molar-refractivity contribution in [2.45, 2.75) is 19.4 Å². The van der Waals surface area contributed by atoms with Crippen molar-refractivity contribution in [2.75, 3.05) is 39.9 Å². The number of hydrogen-bond donors (Lipinski definition) is 0. The van der Waals surface area contributed by atoms with Crippen molar-refractivity contribution in [3.8, 4) is 0 Å². The van der Waals surface area contributed by atoms with Crippen molar-refractivity contribution in [1.82, 2.24) is 14.8 Å². The number of fused-ring (bicyclic) bond motifs is 1. The highest BCUT2D eigenvalue weighted by molar-refractivity contribution is 5.97. The number of carbonyl (C=O) groups excluding carboxylic acids is 1. The molecule has 1 aromatic heterocycles. The van der Waals surface area contributed by atoms with Crippen LogP contribution in [0.4, 0.5) is 0 Å². The molecule has 1 saturated heterocycles. The van der Waals surface area contributed by atoms with Crippen LogP contribution in [0.1, 0.15) is 28.9 Å². The van der Waals surface area contributed by atoms with E-state index in [0.29, 0.717) is 12.5 Å². The summed E-state index contributed by atoms with van der Waals surface area (Å²) in [5, 5.41) is 0. The predicted octanol–water partition coefficient (Wildman–Crippen LogP) is 1.40. The van der Waals surface area contributed by atoms with Gasteiger partial charge in [0.25, 0.3) is 5.91 Å². The molecule has 0 bridgehead atoms. The summed E-state index contributed by atoms with van der Waals surface area (Å²) in [6, 6.07) is 3.73. The van der Waals surface area contributed by atoms with Crippen LogP contribution in [-0.2, 0) is 11.3 Å². The van der Waals surface area contributed by atoms with Gasteiger partial charge in [0, 0.05) is 39.5 Å². The summed E-state index contributed by atoms with van der Waals surface area (Å²) in [7, 11) is 1.75. The van der Waals surface area contributed by atoms with Gasteiger partial charge in [-0.1, -0.05) is 0 Å². The van der Waals surface area contributed by atoms with E-state index in [1.54, 1.807) is 13.3 Å². The molecule has 0 unspecified atom stereocenters. The first kappa shape index (κ1) is 14.5. The summed E-state index contributed by atoms with van der Waals surface area (Å²) in [5.41, 5.74) is 1.71. The molecule has 1 aromatic rings. The molecule has 2 aliphatic heterocycles. The summed E-state index contributed by atoms with van der Waals surface area (Å²) < 4.78 is 5.10.